The molecule has 2 atom stereocenters. The average Bonchev–Trinajstić information content (AvgIpc) is 3.04. The molecule has 1 heterocycles. The zero-order chi connectivity index (χ0) is 20.0. The van der Waals surface area contributed by atoms with Crippen molar-refractivity contribution in [2.45, 2.75) is 32.7 Å². The summed E-state index contributed by atoms with van der Waals surface area (Å²) in [7, 11) is 3.18. The molecule has 0 bridgehead atoms. The fourth-order valence-electron chi connectivity index (χ4n) is 3.19. The fraction of sp³-hybridized carbons (Fsp3) is 0.600. The molecule has 1 aromatic carbocycles. The SMILES string of the molecule is COc1ccc(CCN2C[C@H](C(=O)N[C@H](CO)C(C)C)CC2=O)cc1OC. The summed E-state index contributed by atoms with van der Waals surface area (Å²) in [6.07, 6.45) is 0.889. The van der Waals surface area contributed by atoms with E-state index >= 15 is 0 Å². The van der Waals surface area contributed by atoms with Gasteiger partial charge in [-0.05, 0) is 30.0 Å². The Morgan fingerprint density at radius 2 is 2.00 bits per heavy atom. The zero-order valence-electron chi connectivity index (χ0n) is 16.5. The van der Waals surface area contributed by atoms with Crippen LogP contribution in [0.25, 0.3) is 0 Å². The predicted octanol–water partition coefficient (Wildman–Crippen LogP) is 1.23. The van der Waals surface area contributed by atoms with E-state index in [9.17, 15) is 14.7 Å². The van der Waals surface area contributed by atoms with Crippen LogP contribution in [0.15, 0.2) is 18.2 Å². The van der Waals surface area contributed by atoms with Crippen molar-refractivity contribution in [1.29, 1.82) is 0 Å². The Hall–Kier alpha value is -2.28. The topological polar surface area (TPSA) is 88.1 Å². The second-order valence-electron chi connectivity index (χ2n) is 7.22. The minimum atomic E-state index is -0.365. The van der Waals surface area contributed by atoms with Gasteiger partial charge in [0.05, 0.1) is 32.8 Å². The first kappa shape index (κ1) is 21.0. The molecule has 27 heavy (non-hydrogen) atoms. The number of carbonyl (C=O) groups excluding carboxylic acids is 2. The molecule has 2 rings (SSSR count). The van der Waals surface area contributed by atoms with Crippen molar-refractivity contribution in [2.75, 3.05) is 33.9 Å². The molecule has 7 heteroatoms. The first-order valence-electron chi connectivity index (χ1n) is 9.29. The molecule has 0 unspecified atom stereocenters. The monoisotopic (exact) mass is 378 g/mol. The van der Waals surface area contributed by atoms with Crippen LogP contribution in [0.4, 0.5) is 0 Å². The van der Waals surface area contributed by atoms with E-state index in [1.54, 1.807) is 19.1 Å². The van der Waals surface area contributed by atoms with E-state index in [1.165, 1.54) is 0 Å². The van der Waals surface area contributed by atoms with Gasteiger partial charge in [-0.25, -0.2) is 0 Å². The lowest BCUT2D eigenvalue weighted by Crippen LogP contribution is -2.44. The Balaban J connectivity index is 1.91. The van der Waals surface area contributed by atoms with Crippen LogP contribution in [0, 0.1) is 11.8 Å². The summed E-state index contributed by atoms with van der Waals surface area (Å²) in [5.74, 6) is 0.918. The number of aliphatic hydroxyl groups excluding tert-OH is 1. The second kappa shape index (κ2) is 9.60. The van der Waals surface area contributed by atoms with Gasteiger partial charge in [-0.1, -0.05) is 19.9 Å². The van der Waals surface area contributed by atoms with Gasteiger partial charge in [0.2, 0.25) is 11.8 Å². The third-order valence-electron chi connectivity index (χ3n) is 5.03. The number of aliphatic hydroxyl groups is 1. The van der Waals surface area contributed by atoms with Crippen molar-refractivity contribution in [2.24, 2.45) is 11.8 Å². The van der Waals surface area contributed by atoms with Crippen molar-refractivity contribution >= 4 is 11.8 Å². The van der Waals surface area contributed by atoms with E-state index in [-0.39, 0.29) is 42.7 Å². The van der Waals surface area contributed by atoms with E-state index in [4.69, 9.17) is 9.47 Å². The molecule has 1 aliphatic heterocycles. The molecule has 1 aliphatic rings. The van der Waals surface area contributed by atoms with Crippen LogP contribution in [-0.4, -0.2) is 61.8 Å². The quantitative estimate of drug-likeness (QED) is 0.675. The van der Waals surface area contributed by atoms with Crippen LogP contribution in [0.2, 0.25) is 0 Å². The van der Waals surface area contributed by atoms with Gasteiger partial charge in [-0.3, -0.25) is 9.59 Å². The highest BCUT2D eigenvalue weighted by atomic mass is 16.5. The number of carbonyl (C=O) groups is 2. The van der Waals surface area contributed by atoms with Crippen LogP contribution in [0.5, 0.6) is 11.5 Å². The maximum Gasteiger partial charge on any atom is 0.225 e. The van der Waals surface area contributed by atoms with Gasteiger partial charge in [0.1, 0.15) is 0 Å². The maximum absolute atomic E-state index is 12.4. The molecule has 1 fully saturated rings. The standard InChI is InChI=1S/C20H30N2O5/c1-13(2)16(12-23)21-20(25)15-10-19(24)22(11-15)8-7-14-5-6-17(26-3)18(9-14)27-4/h5-6,9,13,15-16,23H,7-8,10-12H2,1-4H3,(H,21,25)/t15-,16-/m1/s1. The molecule has 2 amide bonds. The van der Waals surface area contributed by atoms with E-state index < -0.39 is 0 Å². The van der Waals surface area contributed by atoms with Crippen LogP contribution >= 0.6 is 0 Å². The summed E-state index contributed by atoms with van der Waals surface area (Å²) < 4.78 is 10.5. The minimum Gasteiger partial charge on any atom is -0.493 e. The summed E-state index contributed by atoms with van der Waals surface area (Å²) in [6, 6.07) is 5.41. The molecule has 2 N–H and O–H groups in total. The van der Waals surface area contributed by atoms with Gasteiger partial charge >= 0.3 is 0 Å². The number of nitrogens with one attached hydrogen (secondary N) is 1. The van der Waals surface area contributed by atoms with Crippen LogP contribution < -0.4 is 14.8 Å². The number of amides is 2. The fourth-order valence-corrected chi connectivity index (χ4v) is 3.19. The summed E-state index contributed by atoms with van der Waals surface area (Å²) in [6.45, 7) is 4.74. The van der Waals surface area contributed by atoms with Crippen molar-refractivity contribution in [3.05, 3.63) is 23.8 Å². The number of likely N-dealkylation sites (tertiary alicyclic amines) is 1. The Labute approximate surface area is 160 Å². The third-order valence-corrected chi connectivity index (χ3v) is 5.03. The molecule has 0 saturated carbocycles. The number of hydrogen-bond donors (Lipinski definition) is 2. The van der Waals surface area contributed by atoms with Crippen molar-refractivity contribution < 1.29 is 24.2 Å². The molecule has 1 aromatic rings. The van der Waals surface area contributed by atoms with Gasteiger partial charge < -0.3 is 24.8 Å². The van der Waals surface area contributed by atoms with Crippen LogP contribution in [-0.2, 0) is 16.0 Å². The van der Waals surface area contributed by atoms with E-state index in [2.05, 4.69) is 5.32 Å². The molecule has 7 nitrogen and oxygen atoms in total. The Bertz CT molecular complexity index is 662. The molecular formula is C20H30N2O5. The zero-order valence-corrected chi connectivity index (χ0v) is 16.5. The Kier molecular flexibility index (Phi) is 7.47. The molecule has 0 aliphatic carbocycles. The van der Waals surface area contributed by atoms with Gasteiger partial charge in [0.25, 0.3) is 0 Å². The second-order valence-corrected chi connectivity index (χ2v) is 7.22. The van der Waals surface area contributed by atoms with Gasteiger partial charge in [-0.2, -0.15) is 0 Å². The molecule has 0 spiro atoms. The highest BCUT2D eigenvalue weighted by molar-refractivity contribution is 5.89. The molecule has 0 aromatic heterocycles. The lowest BCUT2D eigenvalue weighted by Gasteiger charge is -2.22. The number of nitrogens with zero attached hydrogens (tertiary/aromatic N) is 1. The van der Waals surface area contributed by atoms with Gasteiger partial charge in [0.15, 0.2) is 11.5 Å². The van der Waals surface area contributed by atoms with Crippen molar-refractivity contribution in [3.8, 4) is 11.5 Å². The van der Waals surface area contributed by atoms with Crippen LogP contribution in [0.3, 0.4) is 0 Å². The highest BCUT2D eigenvalue weighted by Crippen LogP contribution is 2.28. The summed E-state index contributed by atoms with van der Waals surface area (Å²) in [5.41, 5.74) is 1.04. The Morgan fingerprint density at radius 3 is 2.59 bits per heavy atom. The molecule has 150 valence electrons. The van der Waals surface area contributed by atoms with Crippen molar-refractivity contribution in [3.63, 3.8) is 0 Å². The largest absolute Gasteiger partial charge is 0.493 e. The molecular weight excluding hydrogens is 348 g/mol. The van der Waals surface area contributed by atoms with Crippen molar-refractivity contribution in [1.82, 2.24) is 10.2 Å². The first-order valence-corrected chi connectivity index (χ1v) is 9.29. The van der Waals surface area contributed by atoms with Gasteiger partial charge in [-0.15, -0.1) is 0 Å². The number of benzene rings is 1. The number of rotatable bonds is 9. The van der Waals surface area contributed by atoms with Gasteiger partial charge in [0, 0.05) is 19.5 Å². The Morgan fingerprint density at radius 1 is 1.30 bits per heavy atom. The summed E-state index contributed by atoms with van der Waals surface area (Å²) >= 11 is 0. The minimum absolute atomic E-state index is 0.0132. The first-order chi connectivity index (χ1) is 12.9. The maximum atomic E-state index is 12.4. The molecule has 1 saturated heterocycles. The van der Waals surface area contributed by atoms with E-state index in [0.29, 0.717) is 31.0 Å². The lowest BCUT2D eigenvalue weighted by molar-refractivity contribution is -0.129. The van der Waals surface area contributed by atoms with E-state index in [1.807, 2.05) is 32.0 Å². The number of ether oxygens (including phenoxy) is 2. The normalized spacial score (nSPS) is 17.9. The highest BCUT2D eigenvalue weighted by Gasteiger charge is 2.35. The average molecular weight is 378 g/mol. The lowest BCUT2D eigenvalue weighted by atomic mass is 10.0. The summed E-state index contributed by atoms with van der Waals surface area (Å²) in [5, 5.41) is 12.2. The molecule has 0 radical (unpaired) electrons. The van der Waals surface area contributed by atoms with E-state index in [0.717, 1.165) is 5.56 Å². The summed E-state index contributed by atoms with van der Waals surface area (Å²) in [4.78, 5) is 26.4. The number of hydrogen-bond acceptors (Lipinski definition) is 5. The smallest absolute Gasteiger partial charge is 0.225 e. The third kappa shape index (κ3) is 5.35. The number of methoxy groups -OCH3 is 2. The predicted molar refractivity (Wildman–Crippen MR) is 102 cm³/mol. The van der Waals surface area contributed by atoms with Crippen LogP contribution in [0.1, 0.15) is 25.8 Å².